The molecule has 0 radical (unpaired) electrons. The molecule has 1 aliphatic rings. The Kier molecular flexibility index (Phi) is 5.28. The van der Waals surface area contributed by atoms with Crippen LogP contribution in [0.5, 0.6) is 0 Å². The molecular formula is C17H24N6O2. The van der Waals surface area contributed by atoms with Gasteiger partial charge in [0.15, 0.2) is 5.82 Å². The number of aromatic nitrogens is 3. The predicted octanol–water partition coefficient (Wildman–Crippen LogP) is 1.62. The molecule has 2 aromatic rings. The topological polar surface area (TPSA) is 87.4 Å². The Morgan fingerprint density at radius 1 is 1.36 bits per heavy atom. The van der Waals surface area contributed by atoms with Crippen LogP contribution >= 0.6 is 0 Å². The zero-order valence-corrected chi connectivity index (χ0v) is 14.9. The Hall–Kier alpha value is -2.48. The van der Waals surface area contributed by atoms with Crippen LogP contribution in [0, 0.1) is 13.8 Å². The van der Waals surface area contributed by atoms with Crippen LogP contribution in [-0.2, 0) is 4.79 Å². The molecule has 1 atom stereocenters. The van der Waals surface area contributed by atoms with Gasteiger partial charge in [0.2, 0.25) is 11.8 Å². The van der Waals surface area contributed by atoms with E-state index in [1.165, 1.54) is 0 Å². The Bertz CT molecular complexity index is 714. The van der Waals surface area contributed by atoms with Crippen LogP contribution in [-0.4, -0.2) is 58.9 Å². The second-order valence-electron chi connectivity index (χ2n) is 6.57. The maximum absolute atomic E-state index is 12.2. The van der Waals surface area contributed by atoms with Crippen molar-refractivity contribution in [2.45, 2.75) is 32.7 Å². The molecule has 1 N–H and O–H groups in total. The van der Waals surface area contributed by atoms with Gasteiger partial charge in [-0.2, -0.15) is 5.10 Å². The quantitative estimate of drug-likeness (QED) is 0.882. The van der Waals surface area contributed by atoms with E-state index in [-0.39, 0.29) is 5.91 Å². The smallest absolute Gasteiger partial charge is 0.240 e. The minimum atomic E-state index is -0.106. The summed E-state index contributed by atoms with van der Waals surface area (Å²) in [6.45, 7) is 5.85. The fraction of sp³-hybridized carbons (Fsp3) is 0.529. The number of hydrogen-bond donors (Lipinski definition) is 1. The maximum Gasteiger partial charge on any atom is 0.240 e. The van der Waals surface area contributed by atoms with Gasteiger partial charge in [0, 0.05) is 25.2 Å². The van der Waals surface area contributed by atoms with Crippen molar-refractivity contribution < 1.29 is 9.32 Å². The molecule has 3 heterocycles. The van der Waals surface area contributed by atoms with E-state index in [1.54, 1.807) is 6.07 Å². The molecule has 2 aromatic heterocycles. The lowest BCUT2D eigenvalue weighted by atomic mass is 10.0. The molecule has 8 nitrogen and oxygen atoms in total. The van der Waals surface area contributed by atoms with E-state index in [0.29, 0.717) is 18.5 Å². The third-order valence-corrected chi connectivity index (χ3v) is 4.41. The second-order valence-corrected chi connectivity index (χ2v) is 6.57. The number of amides is 1. The number of hydrogen-bond acceptors (Lipinski definition) is 7. The average molecular weight is 344 g/mol. The van der Waals surface area contributed by atoms with Crippen molar-refractivity contribution in [3.63, 3.8) is 0 Å². The first kappa shape index (κ1) is 17.3. The molecule has 25 heavy (non-hydrogen) atoms. The van der Waals surface area contributed by atoms with Crippen LogP contribution in [0.3, 0.4) is 0 Å². The molecule has 0 aromatic carbocycles. The highest BCUT2D eigenvalue weighted by molar-refractivity contribution is 5.90. The van der Waals surface area contributed by atoms with Crippen LogP contribution in [0.4, 0.5) is 11.7 Å². The van der Waals surface area contributed by atoms with Crippen molar-refractivity contribution in [1.82, 2.24) is 20.3 Å². The molecule has 0 unspecified atom stereocenters. The van der Waals surface area contributed by atoms with Crippen molar-refractivity contribution in [3.05, 3.63) is 29.6 Å². The first-order chi connectivity index (χ1) is 12.0. The fourth-order valence-electron chi connectivity index (χ4n) is 3.04. The maximum atomic E-state index is 12.2. The number of nitrogens with zero attached hydrogens (tertiary/aromatic N) is 5. The van der Waals surface area contributed by atoms with E-state index in [1.807, 2.05) is 33.0 Å². The van der Waals surface area contributed by atoms with Crippen molar-refractivity contribution in [1.29, 1.82) is 0 Å². The van der Waals surface area contributed by atoms with Crippen molar-refractivity contribution in [2.24, 2.45) is 0 Å². The lowest BCUT2D eigenvalue weighted by Gasteiger charge is -2.37. The first-order valence-electron chi connectivity index (χ1n) is 8.50. The Labute approximate surface area is 147 Å². The van der Waals surface area contributed by atoms with Gasteiger partial charge in [0.25, 0.3) is 0 Å². The molecule has 3 rings (SSSR count). The van der Waals surface area contributed by atoms with Gasteiger partial charge in [0.05, 0.1) is 17.9 Å². The number of aryl methyl sites for hydroxylation is 2. The standard InChI is InChI=1S/C17H24N6O2/c1-12-6-7-15(20-19-12)23-8-4-5-14(10-23)22(3)11-16(24)18-17-9-13(2)21-25-17/h6-7,9,14H,4-5,8,10-11H2,1-3H3,(H,18,24)/t14-/m0/s1. The number of anilines is 2. The van der Waals surface area contributed by atoms with Crippen LogP contribution in [0.15, 0.2) is 22.7 Å². The van der Waals surface area contributed by atoms with Gasteiger partial charge in [-0.15, -0.1) is 5.10 Å². The molecule has 8 heteroatoms. The highest BCUT2D eigenvalue weighted by atomic mass is 16.5. The summed E-state index contributed by atoms with van der Waals surface area (Å²) in [6.07, 6.45) is 2.12. The van der Waals surface area contributed by atoms with Gasteiger partial charge in [-0.25, -0.2) is 0 Å². The minimum absolute atomic E-state index is 0.106. The van der Waals surface area contributed by atoms with E-state index in [4.69, 9.17) is 4.52 Å². The SMILES string of the molecule is Cc1ccc(N2CCC[C@H](N(C)CC(=O)Nc3cc(C)no3)C2)nn1. The van der Waals surface area contributed by atoms with Crippen LogP contribution in [0.1, 0.15) is 24.2 Å². The average Bonchev–Trinajstić information content (AvgIpc) is 3.00. The van der Waals surface area contributed by atoms with Gasteiger partial charge in [0.1, 0.15) is 0 Å². The molecule has 0 bridgehead atoms. The highest BCUT2D eigenvalue weighted by Gasteiger charge is 2.25. The Morgan fingerprint density at radius 3 is 2.88 bits per heavy atom. The van der Waals surface area contributed by atoms with Crippen LogP contribution in [0.25, 0.3) is 0 Å². The molecule has 1 aliphatic heterocycles. The summed E-state index contributed by atoms with van der Waals surface area (Å²) in [7, 11) is 1.97. The summed E-state index contributed by atoms with van der Waals surface area (Å²) in [5, 5.41) is 14.9. The summed E-state index contributed by atoms with van der Waals surface area (Å²) in [5.41, 5.74) is 1.65. The van der Waals surface area contributed by atoms with E-state index < -0.39 is 0 Å². The number of likely N-dealkylation sites (N-methyl/N-ethyl adjacent to an activating group) is 1. The Morgan fingerprint density at radius 2 is 2.20 bits per heavy atom. The Balaban J connectivity index is 1.55. The lowest BCUT2D eigenvalue weighted by molar-refractivity contribution is -0.117. The number of nitrogens with one attached hydrogen (secondary N) is 1. The van der Waals surface area contributed by atoms with Gasteiger partial charge in [-0.05, 0) is 45.9 Å². The molecule has 1 fully saturated rings. The minimum Gasteiger partial charge on any atom is -0.354 e. The number of rotatable bonds is 5. The van der Waals surface area contributed by atoms with E-state index >= 15 is 0 Å². The van der Waals surface area contributed by atoms with Crippen molar-refractivity contribution in [3.8, 4) is 0 Å². The van der Waals surface area contributed by atoms with E-state index in [0.717, 1.165) is 43.1 Å². The number of piperidine rings is 1. The zero-order chi connectivity index (χ0) is 17.8. The van der Waals surface area contributed by atoms with Crippen molar-refractivity contribution in [2.75, 3.05) is 36.9 Å². The normalized spacial score (nSPS) is 17.8. The highest BCUT2D eigenvalue weighted by Crippen LogP contribution is 2.20. The largest absolute Gasteiger partial charge is 0.354 e. The molecule has 0 aliphatic carbocycles. The van der Waals surface area contributed by atoms with E-state index in [9.17, 15) is 4.79 Å². The van der Waals surface area contributed by atoms with Gasteiger partial charge >= 0.3 is 0 Å². The van der Waals surface area contributed by atoms with Gasteiger partial charge in [-0.3, -0.25) is 15.0 Å². The summed E-state index contributed by atoms with van der Waals surface area (Å²) < 4.78 is 5.02. The van der Waals surface area contributed by atoms with Crippen molar-refractivity contribution >= 4 is 17.6 Å². The van der Waals surface area contributed by atoms with Gasteiger partial charge in [-0.1, -0.05) is 5.16 Å². The van der Waals surface area contributed by atoms with Crippen LogP contribution in [0.2, 0.25) is 0 Å². The number of carbonyl (C=O) groups is 1. The zero-order valence-electron chi connectivity index (χ0n) is 14.9. The molecule has 1 saturated heterocycles. The second kappa shape index (κ2) is 7.60. The summed E-state index contributed by atoms with van der Waals surface area (Å²) in [6, 6.07) is 5.97. The molecule has 0 spiro atoms. The van der Waals surface area contributed by atoms with E-state index in [2.05, 4.69) is 30.5 Å². The lowest BCUT2D eigenvalue weighted by Crippen LogP contribution is -2.48. The molecule has 1 amide bonds. The summed E-state index contributed by atoms with van der Waals surface area (Å²) in [4.78, 5) is 16.5. The fourth-order valence-corrected chi connectivity index (χ4v) is 3.04. The molecular weight excluding hydrogens is 320 g/mol. The third-order valence-electron chi connectivity index (χ3n) is 4.41. The number of carbonyl (C=O) groups excluding carboxylic acids is 1. The monoisotopic (exact) mass is 344 g/mol. The first-order valence-corrected chi connectivity index (χ1v) is 8.50. The van der Waals surface area contributed by atoms with Crippen LogP contribution < -0.4 is 10.2 Å². The van der Waals surface area contributed by atoms with Gasteiger partial charge < -0.3 is 9.42 Å². The summed E-state index contributed by atoms with van der Waals surface area (Å²) in [5.74, 6) is 1.17. The molecule has 134 valence electrons. The predicted molar refractivity (Wildman–Crippen MR) is 94.5 cm³/mol. The summed E-state index contributed by atoms with van der Waals surface area (Å²) >= 11 is 0. The molecule has 0 saturated carbocycles. The third kappa shape index (κ3) is 4.54.